The Kier molecular flexibility index (Phi) is 7.41. The molecule has 1 aliphatic rings. The van der Waals surface area contributed by atoms with E-state index in [0.717, 1.165) is 22.3 Å². The molecule has 3 rings (SSSR count). The van der Waals surface area contributed by atoms with E-state index in [4.69, 9.17) is 4.74 Å². The van der Waals surface area contributed by atoms with E-state index >= 15 is 0 Å². The number of rotatable bonds is 9. The molecule has 33 heavy (non-hydrogen) atoms. The topological polar surface area (TPSA) is 105 Å². The van der Waals surface area contributed by atoms with Crippen molar-refractivity contribution >= 4 is 18.0 Å². The van der Waals surface area contributed by atoms with Gasteiger partial charge in [-0.3, -0.25) is 4.79 Å². The van der Waals surface area contributed by atoms with Gasteiger partial charge in [-0.05, 0) is 41.5 Å². The maximum Gasteiger partial charge on any atom is 0.408 e. The third kappa shape index (κ3) is 5.18. The molecule has 0 radical (unpaired) electrons. The largest absolute Gasteiger partial charge is 0.480 e. The number of benzene rings is 2. The lowest BCUT2D eigenvalue weighted by Crippen LogP contribution is -2.60. The Labute approximate surface area is 194 Å². The lowest BCUT2D eigenvalue weighted by molar-refractivity contribution is -0.144. The minimum atomic E-state index is -1.29. The fourth-order valence-corrected chi connectivity index (χ4v) is 4.41. The van der Waals surface area contributed by atoms with E-state index in [1.807, 2.05) is 43.3 Å². The van der Waals surface area contributed by atoms with Crippen LogP contribution in [0.4, 0.5) is 4.79 Å². The van der Waals surface area contributed by atoms with Gasteiger partial charge in [0.05, 0.1) is 0 Å². The molecule has 0 spiro atoms. The number of hydrogen-bond acceptors (Lipinski definition) is 4. The first kappa shape index (κ1) is 24.3. The molecule has 2 amide bonds. The summed E-state index contributed by atoms with van der Waals surface area (Å²) in [5.74, 6) is -2.05. The standard InChI is InChI=1S/C26H32N2O5/c1-5-14-26(4,24(31)27-22(16(2)3)23(29)30)28-25(32)33-15-21-19-12-8-6-10-17(19)18-11-7-9-13-20(18)21/h6-13,16,21-22H,5,14-15H2,1-4H3,(H,27,31)(H,28,32)(H,29,30)/t22-,26?/m0/s1. The Balaban J connectivity index is 1.71. The fourth-order valence-electron chi connectivity index (χ4n) is 4.41. The molecule has 176 valence electrons. The number of nitrogens with one attached hydrogen (secondary N) is 2. The molecule has 0 heterocycles. The van der Waals surface area contributed by atoms with Crippen LogP contribution in [0.2, 0.25) is 0 Å². The summed E-state index contributed by atoms with van der Waals surface area (Å²) in [6.45, 7) is 7.05. The average Bonchev–Trinajstić information content (AvgIpc) is 3.09. The molecule has 3 N–H and O–H groups in total. The van der Waals surface area contributed by atoms with Gasteiger partial charge in [0.25, 0.3) is 0 Å². The highest BCUT2D eigenvalue weighted by Crippen LogP contribution is 2.44. The number of aliphatic carboxylic acids is 1. The molecule has 0 saturated carbocycles. The molecular formula is C26H32N2O5. The Hall–Kier alpha value is -3.35. The third-order valence-corrected chi connectivity index (χ3v) is 6.19. The van der Waals surface area contributed by atoms with Gasteiger partial charge in [-0.1, -0.05) is 75.7 Å². The summed E-state index contributed by atoms with van der Waals surface area (Å²) in [7, 11) is 0. The van der Waals surface area contributed by atoms with Gasteiger partial charge in [0, 0.05) is 5.92 Å². The van der Waals surface area contributed by atoms with Crippen molar-refractivity contribution in [3.05, 3.63) is 59.7 Å². The molecule has 2 atom stereocenters. The number of fused-ring (bicyclic) bond motifs is 3. The first-order chi connectivity index (χ1) is 15.7. The highest BCUT2D eigenvalue weighted by Gasteiger charge is 2.38. The Morgan fingerprint density at radius 3 is 2.06 bits per heavy atom. The van der Waals surface area contributed by atoms with Crippen molar-refractivity contribution in [2.45, 2.75) is 58.0 Å². The monoisotopic (exact) mass is 452 g/mol. The maximum atomic E-state index is 13.0. The normalized spacial score (nSPS) is 15.2. The first-order valence-electron chi connectivity index (χ1n) is 11.3. The van der Waals surface area contributed by atoms with Gasteiger partial charge in [-0.15, -0.1) is 0 Å². The van der Waals surface area contributed by atoms with E-state index in [1.165, 1.54) is 0 Å². The zero-order valence-electron chi connectivity index (χ0n) is 19.6. The number of carboxylic acid groups (broad SMARTS) is 1. The zero-order valence-corrected chi connectivity index (χ0v) is 19.6. The molecule has 7 heteroatoms. The van der Waals surface area contributed by atoms with Crippen molar-refractivity contribution in [2.24, 2.45) is 5.92 Å². The van der Waals surface area contributed by atoms with E-state index in [-0.39, 0.29) is 18.4 Å². The predicted molar refractivity (Wildman–Crippen MR) is 126 cm³/mol. The number of amides is 2. The van der Waals surface area contributed by atoms with Crippen LogP contribution in [0.15, 0.2) is 48.5 Å². The van der Waals surface area contributed by atoms with Crippen molar-refractivity contribution in [1.82, 2.24) is 10.6 Å². The van der Waals surface area contributed by atoms with Gasteiger partial charge >= 0.3 is 12.1 Å². The van der Waals surface area contributed by atoms with Gasteiger partial charge in [-0.2, -0.15) is 0 Å². The molecule has 0 aliphatic heterocycles. The van der Waals surface area contributed by atoms with E-state index in [2.05, 4.69) is 22.8 Å². The van der Waals surface area contributed by atoms with Gasteiger partial charge in [0.15, 0.2) is 0 Å². The second kappa shape index (κ2) is 10.1. The summed E-state index contributed by atoms with van der Waals surface area (Å²) < 4.78 is 5.59. The van der Waals surface area contributed by atoms with Gasteiger partial charge < -0.3 is 20.5 Å². The molecule has 2 aromatic carbocycles. The summed E-state index contributed by atoms with van der Waals surface area (Å²) in [5, 5.41) is 14.7. The zero-order chi connectivity index (χ0) is 24.2. The van der Waals surface area contributed by atoms with Crippen molar-refractivity contribution in [3.8, 4) is 11.1 Å². The second-order valence-electron chi connectivity index (χ2n) is 9.07. The van der Waals surface area contributed by atoms with Gasteiger partial charge in [-0.25, -0.2) is 9.59 Å². The number of carbonyl (C=O) groups is 3. The van der Waals surface area contributed by atoms with Gasteiger partial charge in [0.2, 0.25) is 5.91 Å². The lowest BCUT2D eigenvalue weighted by Gasteiger charge is -2.31. The Morgan fingerprint density at radius 2 is 1.58 bits per heavy atom. The summed E-state index contributed by atoms with van der Waals surface area (Å²) in [5.41, 5.74) is 3.17. The molecule has 7 nitrogen and oxygen atoms in total. The smallest absolute Gasteiger partial charge is 0.408 e. The predicted octanol–water partition coefficient (Wildman–Crippen LogP) is 4.31. The van der Waals surface area contributed by atoms with Crippen LogP contribution in [0.5, 0.6) is 0 Å². The van der Waals surface area contributed by atoms with Crippen LogP contribution >= 0.6 is 0 Å². The van der Waals surface area contributed by atoms with Crippen LogP contribution in [-0.4, -0.2) is 41.3 Å². The first-order valence-corrected chi connectivity index (χ1v) is 11.3. The van der Waals surface area contributed by atoms with Crippen LogP contribution in [0.1, 0.15) is 57.6 Å². The minimum absolute atomic E-state index is 0.0910. The summed E-state index contributed by atoms with van der Waals surface area (Å²) >= 11 is 0. The van der Waals surface area contributed by atoms with Crippen molar-refractivity contribution in [1.29, 1.82) is 0 Å². The highest BCUT2D eigenvalue weighted by atomic mass is 16.5. The second-order valence-corrected chi connectivity index (χ2v) is 9.07. The van der Waals surface area contributed by atoms with Crippen molar-refractivity contribution in [3.63, 3.8) is 0 Å². The fraction of sp³-hybridized carbons (Fsp3) is 0.423. The Bertz CT molecular complexity index is 989. The summed E-state index contributed by atoms with van der Waals surface area (Å²) in [6.07, 6.45) is 0.250. The third-order valence-electron chi connectivity index (χ3n) is 6.19. The molecule has 1 unspecified atom stereocenters. The molecule has 0 bridgehead atoms. The van der Waals surface area contributed by atoms with Crippen LogP contribution in [0.25, 0.3) is 11.1 Å². The number of hydrogen-bond donors (Lipinski definition) is 3. The highest BCUT2D eigenvalue weighted by molar-refractivity contribution is 5.92. The number of carboxylic acids is 1. The Morgan fingerprint density at radius 1 is 1.03 bits per heavy atom. The SMILES string of the molecule is CCCC(C)(NC(=O)OCC1c2ccccc2-c2ccccc21)C(=O)N[C@H](C(=O)O)C(C)C. The van der Waals surface area contributed by atoms with E-state index in [1.54, 1.807) is 20.8 Å². The van der Waals surface area contributed by atoms with E-state index in [9.17, 15) is 19.5 Å². The molecule has 0 aromatic heterocycles. The van der Waals surface area contributed by atoms with Crippen molar-refractivity contribution < 1.29 is 24.2 Å². The lowest BCUT2D eigenvalue weighted by atomic mass is 9.93. The quantitative estimate of drug-likeness (QED) is 0.526. The number of alkyl carbamates (subject to hydrolysis) is 1. The average molecular weight is 453 g/mol. The van der Waals surface area contributed by atoms with Crippen LogP contribution in [0, 0.1) is 5.92 Å². The minimum Gasteiger partial charge on any atom is -0.480 e. The number of carbonyl (C=O) groups excluding carboxylic acids is 2. The molecule has 1 aliphatic carbocycles. The van der Waals surface area contributed by atoms with Crippen molar-refractivity contribution in [2.75, 3.05) is 6.61 Å². The number of ether oxygens (including phenoxy) is 1. The summed E-state index contributed by atoms with van der Waals surface area (Å²) in [6, 6.07) is 15.1. The van der Waals surface area contributed by atoms with Gasteiger partial charge in [0.1, 0.15) is 18.2 Å². The maximum absolute atomic E-state index is 13.0. The van der Waals surface area contributed by atoms with Crippen LogP contribution in [0.3, 0.4) is 0 Å². The molecular weight excluding hydrogens is 420 g/mol. The summed E-state index contributed by atoms with van der Waals surface area (Å²) in [4.78, 5) is 37.2. The van der Waals surface area contributed by atoms with Crippen LogP contribution in [-0.2, 0) is 14.3 Å². The molecule has 0 saturated heterocycles. The van der Waals surface area contributed by atoms with Crippen LogP contribution < -0.4 is 10.6 Å². The molecule has 0 fully saturated rings. The molecule has 2 aromatic rings. The van der Waals surface area contributed by atoms with E-state index < -0.39 is 29.6 Å². The van der Waals surface area contributed by atoms with E-state index in [0.29, 0.717) is 12.8 Å².